The Morgan fingerprint density at radius 3 is 1.39 bits per heavy atom. The molecule has 0 radical (unpaired) electrons. The number of carbonyl (C=O) groups is 3. The van der Waals surface area contributed by atoms with Crippen LogP contribution in [0.15, 0.2) is 48.6 Å². The Kier molecular flexibility index (Phi) is 44.3. The van der Waals surface area contributed by atoms with Crippen molar-refractivity contribution in [3.05, 3.63) is 48.6 Å². The summed E-state index contributed by atoms with van der Waals surface area (Å²) in [6.45, 7) is 4.85. The lowest BCUT2D eigenvalue weighted by molar-refractivity contribution is -0.150. The second-order valence-corrected chi connectivity index (χ2v) is 16.9. The molecule has 7 heteroatoms. The van der Waals surface area contributed by atoms with Crippen LogP contribution in [0.2, 0.25) is 0 Å². The number of aliphatic carboxylic acids is 1. The van der Waals surface area contributed by atoms with Crippen LogP contribution in [-0.4, -0.2) is 41.6 Å². The summed E-state index contributed by atoms with van der Waals surface area (Å²) in [6, 6.07) is -0.865. The van der Waals surface area contributed by atoms with E-state index < -0.39 is 12.0 Å². The van der Waals surface area contributed by atoms with Crippen molar-refractivity contribution < 1.29 is 24.2 Å². The van der Waals surface area contributed by atoms with E-state index in [0.717, 1.165) is 89.9 Å². The van der Waals surface area contributed by atoms with Gasteiger partial charge in [-0.05, 0) is 83.6 Å². The molecule has 0 bridgehead atoms. The SMILES string of the molecule is CC/C=C\C/C=C\C/C=C\C/C=C\CCC(CCCCCCCC(=O)NC(CCCN)C(=O)O)OC(=O)CCCCCCCCCCCCCCCCCCCCCC. The molecule has 0 aromatic carbocycles. The van der Waals surface area contributed by atoms with Crippen molar-refractivity contribution in [2.24, 2.45) is 5.73 Å². The lowest BCUT2D eigenvalue weighted by Crippen LogP contribution is -2.40. The average molecular weight is 827 g/mol. The summed E-state index contributed by atoms with van der Waals surface area (Å²) in [5, 5.41) is 12.0. The molecule has 0 fully saturated rings. The van der Waals surface area contributed by atoms with Crippen LogP contribution in [-0.2, 0) is 19.1 Å². The van der Waals surface area contributed by atoms with E-state index in [1.807, 2.05) is 0 Å². The fraction of sp³-hybridized carbons (Fsp3) is 0.788. The third-order valence-corrected chi connectivity index (χ3v) is 11.2. The van der Waals surface area contributed by atoms with E-state index in [-0.39, 0.29) is 18.0 Å². The van der Waals surface area contributed by atoms with Gasteiger partial charge in [-0.2, -0.15) is 0 Å². The highest BCUT2D eigenvalue weighted by Crippen LogP contribution is 2.18. The highest BCUT2D eigenvalue weighted by Gasteiger charge is 2.19. The number of unbranched alkanes of at least 4 members (excludes halogenated alkanes) is 23. The Morgan fingerprint density at radius 2 is 0.932 bits per heavy atom. The van der Waals surface area contributed by atoms with Crippen molar-refractivity contribution in [2.75, 3.05) is 6.54 Å². The van der Waals surface area contributed by atoms with Gasteiger partial charge in [0, 0.05) is 12.8 Å². The maximum absolute atomic E-state index is 12.9. The first-order chi connectivity index (χ1) is 28.9. The first-order valence-electron chi connectivity index (χ1n) is 25.0. The normalized spacial score (nSPS) is 13.0. The number of nitrogens with one attached hydrogen (secondary N) is 1. The fourth-order valence-electron chi connectivity index (χ4n) is 7.44. The van der Waals surface area contributed by atoms with Crippen LogP contribution in [0.5, 0.6) is 0 Å². The Hall–Kier alpha value is -2.67. The predicted octanol–water partition coefficient (Wildman–Crippen LogP) is 14.7. The number of carbonyl (C=O) groups excluding carboxylic acids is 2. The first kappa shape index (κ1) is 56.3. The number of allylic oxidation sites excluding steroid dienone is 8. The Bertz CT molecular complexity index is 1070. The average Bonchev–Trinajstić information content (AvgIpc) is 3.22. The van der Waals surface area contributed by atoms with E-state index in [4.69, 9.17) is 10.5 Å². The number of amides is 1. The highest BCUT2D eigenvalue weighted by molar-refractivity contribution is 5.83. The molecule has 2 atom stereocenters. The molecule has 342 valence electrons. The van der Waals surface area contributed by atoms with Gasteiger partial charge in [0.15, 0.2) is 0 Å². The summed E-state index contributed by atoms with van der Waals surface area (Å²) in [4.78, 5) is 36.5. The van der Waals surface area contributed by atoms with Gasteiger partial charge in [0.05, 0.1) is 0 Å². The molecule has 59 heavy (non-hydrogen) atoms. The Morgan fingerprint density at radius 1 is 0.508 bits per heavy atom. The molecule has 4 N–H and O–H groups in total. The summed E-state index contributed by atoms with van der Waals surface area (Å²) >= 11 is 0. The Balaban J connectivity index is 4.30. The predicted molar refractivity (Wildman–Crippen MR) is 253 cm³/mol. The van der Waals surface area contributed by atoms with E-state index in [2.05, 4.69) is 67.8 Å². The minimum Gasteiger partial charge on any atom is -0.480 e. The number of hydrogen-bond donors (Lipinski definition) is 3. The van der Waals surface area contributed by atoms with Crippen LogP contribution in [0.1, 0.15) is 245 Å². The molecular formula is C52H94N2O5. The number of esters is 1. The number of ether oxygens (including phenoxy) is 1. The molecule has 0 aliphatic rings. The summed E-state index contributed by atoms with van der Waals surface area (Å²) in [7, 11) is 0. The van der Waals surface area contributed by atoms with Crippen molar-refractivity contribution in [1.29, 1.82) is 0 Å². The van der Waals surface area contributed by atoms with Gasteiger partial charge in [-0.1, -0.05) is 204 Å². The molecular weight excluding hydrogens is 733 g/mol. The van der Waals surface area contributed by atoms with Gasteiger partial charge in [-0.15, -0.1) is 0 Å². The second kappa shape index (κ2) is 46.4. The van der Waals surface area contributed by atoms with Crippen molar-refractivity contribution in [3.63, 3.8) is 0 Å². The topological polar surface area (TPSA) is 119 Å². The van der Waals surface area contributed by atoms with Gasteiger partial charge in [0.25, 0.3) is 0 Å². The minimum atomic E-state index is -1.01. The van der Waals surface area contributed by atoms with E-state index >= 15 is 0 Å². The molecule has 7 nitrogen and oxygen atoms in total. The first-order valence-corrected chi connectivity index (χ1v) is 25.0. The third kappa shape index (κ3) is 43.2. The number of hydrogen-bond acceptors (Lipinski definition) is 5. The quantitative estimate of drug-likeness (QED) is 0.0320. The van der Waals surface area contributed by atoms with Crippen molar-refractivity contribution >= 4 is 17.8 Å². The summed E-state index contributed by atoms with van der Waals surface area (Å²) in [5.41, 5.74) is 5.49. The molecule has 0 saturated carbocycles. The monoisotopic (exact) mass is 827 g/mol. The summed E-state index contributed by atoms with van der Waals surface area (Å²) < 4.78 is 6.03. The van der Waals surface area contributed by atoms with Crippen LogP contribution >= 0.6 is 0 Å². The minimum absolute atomic E-state index is 0.0558. The zero-order valence-corrected chi connectivity index (χ0v) is 38.6. The van der Waals surface area contributed by atoms with Crippen LogP contribution < -0.4 is 11.1 Å². The van der Waals surface area contributed by atoms with E-state index in [0.29, 0.717) is 32.2 Å². The lowest BCUT2D eigenvalue weighted by atomic mass is 10.0. The molecule has 2 unspecified atom stereocenters. The van der Waals surface area contributed by atoms with Gasteiger partial charge in [-0.3, -0.25) is 9.59 Å². The molecule has 0 rings (SSSR count). The van der Waals surface area contributed by atoms with Crippen LogP contribution in [0.25, 0.3) is 0 Å². The Labute approximate surface area is 364 Å². The zero-order valence-electron chi connectivity index (χ0n) is 38.6. The molecule has 0 aromatic rings. The van der Waals surface area contributed by atoms with Gasteiger partial charge in [0.1, 0.15) is 12.1 Å². The fourth-order valence-corrected chi connectivity index (χ4v) is 7.44. The van der Waals surface area contributed by atoms with E-state index in [9.17, 15) is 19.5 Å². The van der Waals surface area contributed by atoms with E-state index in [1.165, 1.54) is 116 Å². The lowest BCUT2D eigenvalue weighted by Gasteiger charge is -2.17. The number of nitrogens with two attached hydrogens (primary N) is 1. The van der Waals surface area contributed by atoms with Crippen molar-refractivity contribution in [1.82, 2.24) is 5.32 Å². The third-order valence-electron chi connectivity index (χ3n) is 11.2. The maximum atomic E-state index is 12.9. The molecule has 0 spiro atoms. The molecule has 0 saturated heterocycles. The molecule has 0 heterocycles. The number of carboxylic acid groups (broad SMARTS) is 1. The van der Waals surface area contributed by atoms with Gasteiger partial charge in [0.2, 0.25) is 5.91 Å². The summed E-state index contributed by atoms with van der Waals surface area (Å²) in [6.07, 6.45) is 57.5. The van der Waals surface area contributed by atoms with Gasteiger partial charge >= 0.3 is 11.9 Å². The zero-order chi connectivity index (χ0) is 43.1. The molecule has 0 aliphatic heterocycles. The smallest absolute Gasteiger partial charge is 0.326 e. The largest absolute Gasteiger partial charge is 0.480 e. The van der Waals surface area contributed by atoms with Crippen LogP contribution in [0, 0.1) is 0 Å². The summed E-state index contributed by atoms with van der Waals surface area (Å²) in [5.74, 6) is -1.28. The molecule has 0 aliphatic carbocycles. The van der Waals surface area contributed by atoms with Crippen LogP contribution in [0.4, 0.5) is 0 Å². The molecule has 1 amide bonds. The maximum Gasteiger partial charge on any atom is 0.326 e. The van der Waals surface area contributed by atoms with Crippen molar-refractivity contribution in [3.8, 4) is 0 Å². The number of carboxylic acids is 1. The number of rotatable bonds is 45. The standard InChI is InChI=1S/C52H94N2O5/c1-3-5-7-9-11-13-15-17-18-19-20-21-22-23-25-27-29-31-36-40-46-51(56)59-48(42-37-33-30-28-26-24-16-14-12-10-8-6-4-2)43-38-34-32-35-39-45-50(55)54-49(52(57)58)44-41-47-53/h6,8,12,14,24,26,30,33,48-49H,3-5,7,9-11,13,15-23,25,27-29,31-32,34-47,53H2,1-2H3,(H,54,55)(H,57,58)/b8-6-,14-12-,26-24-,33-30-. The van der Waals surface area contributed by atoms with E-state index in [1.54, 1.807) is 0 Å². The second-order valence-electron chi connectivity index (χ2n) is 16.9. The van der Waals surface area contributed by atoms with Crippen LogP contribution in [0.3, 0.4) is 0 Å². The van der Waals surface area contributed by atoms with Crippen molar-refractivity contribution in [2.45, 2.75) is 257 Å². The molecule has 0 aromatic heterocycles. The van der Waals surface area contributed by atoms with Gasteiger partial charge in [-0.25, -0.2) is 4.79 Å². The van der Waals surface area contributed by atoms with Gasteiger partial charge < -0.3 is 20.9 Å². The highest BCUT2D eigenvalue weighted by atomic mass is 16.5.